The van der Waals surface area contributed by atoms with E-state index in [0.29, 0.717) is 58.2 Å². The molecule has 6 heteroatoms. The Morgan fingerprint density at radius 3 is 2.32 bits per heavy atom. The molecule has 2 saturated heterocycles. The van der Waals surface area contributed by atoms with Crippen molar-refractivity contribution >= 4 is 11.8 Å². The van der Waals surface area contributed by atoms with E-state index in [-0.39, 0.29) is 11.8 Å². The molecule has 0 aromatic heterocycles. The summed E-state index contributed by atoms with van der Waals surface area (Å²) in [5, 5.41) is 11.1. The fraction of sp³-hybridized carbons (Fsp3) is 0.636. The minimum atomic E-state index is -1.32. The van der Waals surface area contributed by atoms with Gasteiger partial charge in [0, 0.05) is 52.7 Å². The molecular weight excluding hydrogens is 354 g/mol. The van der Waals surface area contributed by atoms with Crippen molar-refractivity contribution in [1.29, 1.82) is 0 Å². The monoisotopic (exact) mass is 387 g/mol. The zero-order valence-electron chi connectivity index (χ0n) is 17.4. The highest BCUT2D eigenvalue weighted by Gasteiger charge is 2.43. The second-order valence-corrected chi connectivity index (χ2v) is 8.54. The number of hydrogen-bond donors (Lipinski definition) is 1. The SMILES string of the molecule is CC(=O)N1CCN(C[C@]2(O)CCCN(Cc3ccc(C(C)C)cc3)C2=O)CC1. The van der Waals surface area contributed by atoms with Crippen LogP contribution >= 0.6 is 0 Å². The molecular formula is C22H33N3O3. The van der Waals surface area contributed by atoms with Gasteiger partial charge in [-0.3, -0.25) is 14.5 Å². The Balaban J connectivity index is 1.60. The number of β-amino-alcohol motifs (C(OH)–C–C–N with tert-alkyl or cyclic N) is 1. The van der Waals surface area contributed by atoms with Crippen molar-refractivity contribution in [2.45, 2.75) is 51.7 Å². The van der Waals surface area contributed by atoms with Crippen molar-refractivity contribution in [3.8, 4) is 0 Å². The summed E-state index contributed by atoms with van der Waals surface area (Å²) < 4.78 is 0. The Labute approximate surface area is 168 Å². The van der Waals surface area contributed by atoms with Gasteiger partial charge in [0.15, 0.2) is 5.60 Å². The molecule has 1 N–H and O–H groups in total. The van der Waals surface area contributed by atoms with Crippen LogP contribution in [0.5, 0.6) is 0 Å². The predicted molar refractivity (Wildman–Crippen MR) is 109 cm³/mol. The molecule has 6 nitrogen and oxygen atoms in total. The lowest BCUT2D eigenvalue weighted by Crippen LogP contribution is -2.60. The minimum Gasteiger partial charge on any atom is -0.379 e. The van der Waals surface area contributed by atoms with E-state index in [9.17, 15) is 14.7 Å². The number of hydrogen-bond acceptors (Lipinski definition) is 4. The molecule has 0 unspecified atom stereocenters. The van der Waals surface area contributed by atoms with E-state index in [0.717, 1.165) is 12.0 Å². The van der Waals surface area contributed by atoms with Crippen LogP contribution in [0.15, 0.2) is 24.3 Å². The zero-order chi connectivity index (χ0) is 20.3. The summed E-state index contributed by atoms with van der Waals surface area (Å²) in [5.41, 5.74) is 1.06. The number of carbonyl (C=O) groups excluding carboxylic acids is 2. The van der Waals surface area contributed by atoms with Gasteiger partial charge in [-0.05, 0) is 29.9 Å². The second-order valence-electron chi connectivity index (χ2n) is 8.54. The highest BCUT2D eigenvalue weighted by Crippen LogP contribution is 2.26. The number of benzene rings is 1. The van der Waals surface area contributed by atoms with E-state index in [2.05, 4.69) is 43.0 Å². The van der Waals surface area contributed by atoms with Gasteiger partial charge >= 0.3 is 0 Å². The van der Waals surface area contributed by atoms with Crippen molar-refractivity contribution in [2.24, 2.45) is 0 Å². The number of nitrogens with zero attached hydrogens (tertiary/aromatic N) is 3. The number of amides is 2. The first-order valence-corrected chi connectivity index (χ1v) is 10.4. The third-order valence-electron chi connectivity index (χ3n) is 6.03. The lowest BCUT2D eigenvalue weighted by atomic mass is 9.90. The molecule has 0 aliphatic carbocycles. The second kappa shape index (κ2) is 8.62. The smallest absolute Gasteiger partial charge is 0.256 e. The third-order valence-corrected chi connectivity index (χ3v) is 6.03. The van der Waals surface area contributed by atoms with Gasteiger partial charge in [-0.15, -0.1) is 0 Å². The predicted octanol–water partition coefficient (Wildman–Crippen LogP) is 1.83. The van der Waals surface area contributed by atoms with Gasteiger partial charge in [-0.2, -0.15) is 0 Å². The van der Waals surface area contributed by atoms with Crippen molar-refractivity contribution in [1.82, 2.24) is 14.7 Å². The summed E-state index contributed by atoms with van der Waals surface area (Å²) in [6.45, 7) is 10.2. The van der Waals surface area contributed by atoms with Gasteiger partial charge in [-0.25, -0.2) is 0 Å². The summed E-state index contributed by atoms with van der Waals surface area (Å²) >= 11 is 0. The van der Waals surface area contributed by atoms with Crippen LogP contribution in [0.2, 0.25) is 0 Å². The molecule has 2 fully saturated rings. The van der Waals surface area contributed by atoms with Gasteiger partial charge in [0.1, 0.15) is 0 Å². The molecule has 28 heavy (non-hydrogen) atoms. The van der Waals surface area contributed by atoms with Gasteiger partial charge in [-0.1, -0.05) is 38.1 Å². The van der Waals surface area contributed by atoms with E-state index >= 15 is 0 Å². The quantitative estimate of drug-likeness (QED) is 0.837. The van der Waals surface area contributed by atoms with E-state index in [1.165, 1.54) is 5.56 Å². The Bertz CT molecular complexity index is 695. The Morgan fingerprint density at radius 1 is 1.11 bits per heavy atom. The largest absolute Gasteiger partial charge is 0.379 e. The maximum atomic E-state index is 13.1. The summed E-state index contributed by atoms with van der Waals surface area (Å²) in [6.07, 6.45) is 1.31. The summed E-state index contributed by atoms with van der Waals surface area (Å²) in [6, 6.07) is 8.40. The van der Waals surface area contributed by atoms with Crippen LogP contribution < -0.4 is 0 Å². The summed E-state index contributed by atoms with van der Waals surface area (Å²) in [7, 11) is 0. The normalized spacial score (nSPS) is 24.1. The Hall–Kier alpha value is -1.92. The van der Waals surface area contributed by atoms with Gasteiger partial charge in [0.25, 0.3) is 5.91 Å². The van der Waals surface area contributed by atoms with Crippen molar-refractivity contribution < 1.29 is 14.7 Å². The maximum absolute atomic E-state index is 13.1. The Morgan fingerprint density at radius 2 is 1.75 bits per heavy atom. The number of carbonyl (C=O) groups is 2. The molecule has 2 aliphatic heterocycles. The highest BCUT2D eigenvalue weighted by atomic mass is 16.3. The van der Waals surface area contributed by atoms with E-state index in [1.807, 2.05) is 4.90 Å². The first-order valence-electron chi connectivity index (χ1n) is 10.4. The van der Waals surface area contributed by atoms with Crippen LogP contribution in [0.3, 0.4) is 0 Å². The van der Waals surface area contributed by atoms with Crippen LogP contribution in [0.4, 0.5) is 0 Å². The lowest BCUT2D eigenvalue weighted by molar-refractivity contribution is -0.161. The molecule has 0 spiro atoms. The molecule has 0 bridgehead atoms. The molecule has 2 aliphatic rings. The fourth-order valence-corrected chi connectivity index (χ4v) is 4.18. The molecule has 3 rings (SSSR count). The molecule has 2 heterocycles. The van der Waals surface area contributed by atoms with Crippen LogP contribution in [-0.2, 0) is 16.1 Å². The molecule has 0 saturated carbocycles. The topological polar surface area (TPSA) is 64.1 Å². The van der Waals surface area contributed by atoms with E-state index in [1.54, 1.807) is 11.8 Å². The van der Waals surface area contributed by atoms with E-state index < -0.39 is 5.60 Å². The Kier molecular flexibility index (Phi) is 6.40. The third kappa shape index (κ3) is 4.73. The number of rotatable bonds is 5. The average Bonchev–Trinajstić information content (AvgIpc) is 2.66. The first-order chi connectivity index (χ1) is 13.3. The van der Waals surface area contributed by atoms with E-state index in [4.69, 9.17) is 0 Å². The average molecular weight is 388 g/mol. The zero-order valence-corrected chi connectivity index (χ0v) is 17.4. The highest BCUT2D eigenvalue weighted by molar-refractivity contribution is 5.86. The minimum absolute atomic E-state index is 0.0850. The van der Waals surface area contributed by atoms with Gasteiger partial charge < -0.3 is 14.9 Å². The van der Waals surface area contributed by atoms with Crippen molar-refractivity contribution in [3.05, 3.63) is 35.4 Å². The molecule has 1 aromatic carbocycles. The van der Waals surface area contributed by atoms with Crippen LogP contribution in [0.25, 0.3) is 0 Å². The molecule has 2 amide bonds. The lowest BCUT2D eigenvalue weighted by Gasteiger charge is -2.43. The maximum Gasteiger partial charge on any atom is 0.256 e. The molecule has 0 radical (unpaired) electrons. The molecule has 1 atom stereocenters. The number of piperazine rings is 1. The van der Waals surface area contributed by atoms with Crippen LogP contribution in [0, 0.1) is 0 Å². The van der Waals surface area contributed by atoms with Crippen LogP contribution in [0.1, 0.15) is 50.7 Å². The van der Waals surface area contributed by atoms with Crippen molar-refractivity contribution in [2.75, 3.05) is 39.3 Å². The van der Waals surface area contributed by atoms with Gasteiger partial charge in [0.2, 0.25) is 5.91 Å². The van der Waals surface area contributed by atoms with Gasteiger partial charge in [0.05, 0.1) is 0 Å². The first kappa shape index (κ1) is 20.8. The number of aliphatic hydroxyl groups is 1. The standard InChI is InChI=1S/C22H33N3O3/c1-17(2)20-7-5-19(6-8-20)15-25-10-4-9-22(28,21(25)27)16-23-11-13-24(14-12-23)18(3)26/h5-8,17,28H,4,9-16H2,1-3H3/t22-/m1/s1. The van der Waals surface area contributed by atoms with Crippen molar-refractivity contribution in [3.63, 3.8) is 0 Å². The summed E-state index contributed by atoms with van der Waals surface area (Å²) in [4.78, 5) is 30.3. The molecule has 154 valence electrons. The number of piperidine rings is 1. The molecule has 1 aromatic rings. The summed E-state index contributed by atoms with van der Waals surface area (Å²) in [5.74, 6) is 0.404. The number of likely N-dealkylation sites (tertiary alicyclic amines) is 1. The fourth-order valence-electron chi connectivity index (χ4n) is 4.18. The van der Waals surface area contributed by atoms with Crippen LogP contribution in [-0.4, -0.2) is 76.5 Å².